The first-order valence-electron chi connectivity index (χ1n) is 7.34. The van der Waals surface area contributed by atoms with Gasteiger partial charge in [0, 0.05) is 15.3 Å². The molecule has 26 heavy (non-hydrogen) atoms. The molecule has 0 aliphatic carbocycles. The Kier molecular flexibility index (Phi) is 7.17. The monoisotopic (exact) mass is 481 g/mol. The van der Waals surface area contributed by atoms with Crippen LogP contribution in [-0.2, 0) is 4.84 Å². The van der Waals surface area contributed by atoms with Crippen molar-refractivity contribution in [3.8, 4) is 0 Å². The van der Waals surface area contributed by atoms with Crippen LogP contribution in [0.2, 0.25) is 0 Å². The first-order valence-corrected chi connectivity index (χ1v) is 8.42. The van der Waals surface area contributed by atoms with Crippen molar-refractivity contribution in [2.45, 2.75) is 13.0 Å². The van der Waals surface area contributed by atoms with Crippen LogP contribution in [0.4, 0.5) is 24.7 Å². The SMILES string of the molecule is Cc1cc(I)cnc1Nc1c(/C=N/OCC(O)CO)cc(F)c(F)c1F. The van der Waals surface area contributed by atoms with Gasteiger partial charge in [0.1, 0.15) is 18.5 Å². The highest BCUT2D eigenvalue weighted by Gasteiger charge is 2.19. The average Bonchev–Trinajstić information content (AvgIpc) is 2.61. The summed E-state index contributed by atoms with van der Waals surface area (Å²) in [5.41, 5.74) is 0.182. The lowest BCUT2D eigenvalue weighted by molar-refractivity contribution is 0.00884. The van der Waals surface area contributed by atoms with Gasteiger partial charge in [-0.2, -0.15) is 0 Å². The molecule has 0 aliphatic heterocycles. The van der Waals surface area contributed by atoms with Crippen molar-refractivity contribution in [2.75, 3.05) is 18.5 Å². The van der Waals surface area contributed by atoms with Crippen LogP contribution in [0, 0.1) is 27.9 Å². The lowest BCUT2D eigenvalue weighted by atomic mass is 10.1. The number of aryl methyl sites for hydroxylation is 1. The largest absolute Gasteiger partial charge is 0.394 e. The summed E-state index contributed by atoms with van der Waals surface area (Å²) >= 11 is 2.06. The summed E-state index contributed by atoms with van der Waals surface area (Å²) in [6.07, 6.45) is 1.34. The Morgan fingerprint density at radius 1 is 1.35 bits per heavy atom. The van der Waals surface area contributed by atoms with E-state index in [0.29, 0.717) is 5.56 Å². The van der Waals surface area contributed by atoms with Crippen LogP contribution < -0.4 is 5.32 Å². The maximum Gasteiger partial charge on any atom is 0.196 e. The van der Waals surface area contributed by atoms with E-state index >= 15 is 0 Å². The van der Waals surface area contributed by atoms with Gasteiger partial charge in [0.05, 0.1) is 18.5 Å². The van der Waals surface area contributed by atoms with Gasteiger partial charge in [0.25, 0.3) is 0 Å². The van der Waals surface area contributed by atoms with E-state index in [4.69, 9.17) is 15.1 Å². The molecule has 3 N–H and O–H groups in total. The van der Waals surface area contributed by atoms with Gasteiger partial charge in [0.15, 0.2) is 17.5 Å². The van der Waals surface area contributed by atoms with Crippen molar-refractivity contribution < 1.29 is 28.2 Å². The van der Waals surface area contributed by atoms with Crippen molar-refractivity contribution in [2.24, 2.45) is 5.16 Å². The van der Waals surface area contributed by atoms with E-state index in [0.717, 1.165) is 15.9 Å². The number of aromatic nitrogens is 1. The van der Waals surface area contributed by atoms with Gasteiger partial charge in [-0.1, -0.05) is 5.16 Å². The number of oxime groups is 1. The lowest BCUT2D eigenvalue weighted by Crippen LogP contribution is -2.17. The predicted octanol–water partition coefficient (Wildman–Crippen LogP) is 2.86. The van der Waals surface area contributed by atoms with Gasteiger partial charge in [-0.25, -0.2) is 18.2 Å². The van der Waals surface area contributed by atoms with Crippen LogP contribution in [0.15, 0.2) is 23.5 Å². The highest BCUT2D eigenvalue weighted by Crippen LogP contribution is 2.28. The van der Waals surface area contributed by atoms with E-state index in [2.05, 4.69) is 38.0 Å². The number of pyridine rings is 1. The van der Waals surface area contributed by atoms with E-state index in [9.17, 15) is 13.2 Å². The zero-order valence-electron chi connectivity index (χ0n) is 13.5. The molecular weight excluding hydrogens is 466 g/mol. The smallest absolute Gasteiger partial charge is 0.196 e. The number of nitrogens with one attached hydrogen (secondary N) is 1. The van der Waals surface area contributed by atoms with Crippen molar-refractivity contribution in [3.05, 3.63) is 50.5 Å². The number of hydrogen-bond donors (Lipinski definition) is 3. The van der Waals surface area contributed by atoms with E-state index in [1.54, 1.807) is 13.0 Å². The first-order chi connectivity index (χ1) is 12.3. The summed E-state index contributed by atoms with van der Waals surface area (Å²) in [5, 5.41) is 23.9. The van der Waals surface area contributed by atoms with Crippen molar-refractivity contribution in [3.63, 3.8) is 0 Å². The maximum absolute atomic E-state index is 14.2. The number of aliphatic hydroxyl groups is 2. The van der Waals surface area contributed by atoms with Crippen molar-refractivity contribution >= 4 is 40.3 Å². The second-order valence-electron chi connectivity index (χ2n) is 5.26. The molecule has 0 aliphatic rings. The standard InChI is InChI=1S/C16H15F3IN3O3/c1-8-2-10(20)5-21-16(8)23-15-9(3-12(17)13(18)14(15)19)4-22-26-7-11(25)6-24/h2-5,11,24-25H,6-7H2,1H3,(H,21,23)/b22-4+. The fraction of sp³-hybridized carbons (Fsp3) is 0.250. The van der Waals surface area contributed by atoms with Crippen molar-refractivity contribution in [1.29, 1.82) is 0 Å². The summed E-state index contributed by atoms with van der Waals surface area (Å²) in [5.74, 6) is -4.19. The summed E-state index contributed by atoms with van der Waals surface area (Å²) in [4.78, 5) is 8.82. The Balaban J connectivity index is 2.34. The number of halogens is 4. The molecule has 6 nitrogen and oxygen atoms in total. The van der Waals surface area contributed by atoms with Gasteiger partial charge < -0.3 is 20.4 Å². The molecule has 0 saturated carbocycles. The molecule has 1 aromatic heterocycles. The number of hydrogen-bond acceptors (Lipinski definition) is 6. The van der Waals surface area contributed by atoms with Gasteiger partial charge in [-0.3, -0.25) is 0 Å². The van der Waals surface area contributed by atoms with E-state index < -0.39 is 30.2 Å². The summed E-state index contributed by atoms with van der Waals surface area (Å²) < 4.78 is 42.3. The number of benzene rings is 1. The first kappa shape index (κ1) is 20.4. The van der Waals surface area contributed by atoms with Crippen LogP contribution in [0.5, 0.6) is 0 Å². The van der Waals surface area contributed by atoms with Gasteiger partial charge in [-0.15, -0.1) is 0 Å². The summed E-state index contributed by atoms with van der Waals surface area (Å²) in [6.45, 7) is 0.877. The number of rotatable bonds is 7. The Labute approximate surface area is 160 Å². The zero-order chi connectivity index (χ0) is 19.3. The van der Waals surface area contributed by atoms with Crippen LogP contribution in [-0.4, -0.2) is 40.7 Å². The Bertz CT molecular complexity index is 821. The molecular formula is C16H15F3IN3O3. The molecule has 0 spiro atoms. The molecule has 140 valence electrons. The molecule has 0 bridgehead atoms. The molecule has 1 heterocycles. The van der Waals surface area contributed by atoms with Crippen LogP contribution in [0.3, 0.4) is 0 Å². The number of nitrogens with zero attached hydrogens (tertiary/aromatic N) is 2. The topological polar surface area (TPSA) is 87.0 Å². The fourth-order valence-electron chi connectivity index (χ4n) is 1.91. The van der Waals surface area contributed by atoms with Crippen molar-refractivity contribution in [1.82, 2.24) is 4.98 Å². The molecule has 1 unspecified atom stereocenters. The fourth-order valence-corrected chi connectivity index (χ4v) is 2.51. The van der Waals surface area contributed by atoms with Crippen LogP contribution in [0.25, 0.3) is 0 Å². The Hall–Kier alpha value is -1.92. The van der Waals surface area contributed by atoms with Gasteiger partial charge >= 0.3 is 0 Å². The van der Waals surface area contributed by atoms with Crippen LogP contribution >= 0.6 is 22.6 Å². The van der Waals surface area contributed by atoms with Crippen LogP contribution in [0.1, 0.15) is 11.1 Å². The minimum absolute atomic E-state index is 0.125. The highest BCUT2D eigenvalue weighted by atomic mass is 127. The zero-order valence-corrected chi connectivity index (χ0v) is 15.7. The molecule has 0 radical (unpaired) electrons. The quantitative estimate of drug-likeness (QED) is 0.245. The second kappa shape index (κ2) is 9.14. The maximum atomic E-state index is 14.2. The normalized spacial score (nSPS) is 12.4. The average molecular weight is 481 g/mol. The van der Waals surface area contributed by atoms with E-state index in [1.165, 1.54) is 6.20 Å². The molecule has 10 heteroatoms. The Morgan fingerprint density at radius 2 is 2.08 bits per heavy atom. The summed E-state index contributed by atoms with van der Waals surface area (Å²) in [7, 11) is 0. The molecule has 2 aromatic rings. The third-order valence-corrected chi connectivity index (χ3v) is 3.82. The van der Waals surface area contributed by atoms with E-state index in [1.807, 2.05) is 0 Å². The third-order valence-electron chi connectivity index (χ3n) is 3.23. The minimum Gasteiger partial charge on any atom is -0.394 e. The molecule has 0 fully saturated rings. The van der Waals surface area contributed by atoms with Gasteiger partial charge in [-0.05, 0) is 47.2 Å². The molecule has 0 saturated heterocycles. The predicted molar refractivity (Wildman–Crippen MR) is 97.9 cm³/mol. The third kappa shape index (κ3) is 5.05. The molecule has 1 atom stereocenters. The molecule has 2 rings (SSSR count). The summed E-state index contributed by atoms with van der Waals surface area (Å²) in [6, 6.07) is 2.53. The van der Waals surface area contributed by atoms with Gasteiger partial charge in [0.2, 0.25) is 0 Å². The highest BCUT2D eigenvalue weighted by molar-refractivity contribution is 14.1. The second-order valence-corrected chi connectivity index (χ2v) is 6.51. The lowest BCUT2D eigenvalue weighted by Gasteiger charge is -2.13. The van der Waals surface area contributed by atoms with E-state index in [-0.39, 0.29) is 23.7 Å². The molecule has 0 amide bonds. The minimum atomic E-state index is -1.63. The number of anilines is 2. The molecule has 1 aromatic carbocycles. The Morgan fingerprint density at radius 3 is 2.73 bits per heavy atom. The number of aliphatic hydroxyl groups excluding tert-OH is 2.